The monoisotopic (exact) mass is 233 g/mol. The molecule has 1 N–H and O–H groups in total. The molecular formula is C9H19NO4Si. The molecule has 1 atom stereocenters. The Balaban J connectivity index is 4.10. The number of isocyanates is 1. The van der Waals surface area contributed by atoms with E-state index < -0.39 is 14.8 Å². The van der Waals surface area contributed by atoms with Crippen molar-refractivity contribution in [2.75, 3.05) is 13.2 Å². The number of aliphatic imine (C=N–C) groups is 1. The van der Waals surface area contributed by atoms with Crippen molar-refractivity contribution < 1.29 is 18.8 Å². The number of carbonyl (C=O) groups excluding carboxylic acids is 1. The highest BCUT2D eigenvalue weighted by Gasteiger charge is 2.31. The summed E-state index contributed by atoms with van der Waals surface area (Å²) in [6.45, 7) is 6.94. The van der Waals surface area contributed by atoms with E-state index in [-0.39, 0.29) is 0 Å². The second kappa shape index (κ2) is 7.73. The quantitative estimate of drug-likeness (QED) is 0.388. The molecule has 0 amide bonds. The zero-order valence-corrected chi connectivity index (χ0v) is 10.5. The van der Waals surface area contributed by atoms with Crippen molar-refractivity contribution in [3.63, 3.8) is 0 Å². The lowest BCUT2D eigenvalue weighted by Crippen LogP contribution is -2.39. The maximum absolute atomic E-state index is 9.89. The Morgan fingerprint density at radius 1 is 1.40 bits per heavy atom. The molecule has 0 aromatic rings. The number of rotatable bonds is 8. The van der Waals surface area contributed by atoms with Crippen LogP contribution in [0.15, 0.2) is 4.99 Å². The molecule has 0 aliphatic rings. The molecule has 0 aliphatic carbocycles. The van der Waals surface area contributed by atoms with E-state index in [1.807, 2.05) is 20.4 Å². The molecule has 0 rings (SSSR count). The van der Waals surface area contributed by atoms with Gasteiger partial charge in [-0.1, -0.05) is 0 Å². The van der Waals surface area contributed by atoms with Crippen LogP contribution in [0.4, 0.5) is 0 Å². The molecule has 15 heavy (non-hydrogen) atoms. The summed E-state index contributed by atoms with van der Waals surface area (Å²) in [5.74, 6) is 0. The highest BCUT2D eigenvalue weighted by molar-refractivity contribution is 6.66. The summed E-state index contributed by atoms with van der Waals surface area (Å²) in [6.07, 6.45) is 0.709. The topological polar surface area (TPSA) is 68.1 Å². The van der Waals surface area contributed by atoms with Gasteiger partial charge in [-0.05, 0) is 32.9 Å². The van der Waals surface area contributed by atoms with Crippen LogP contribution in [0.1, 0.15) is 20.3 Å². The van der Waals surface area contributed by atoms with Crippen LogP contribution in [0.2, 0.25) is 12.6 Å². The molecule has 5 nitrogen and oxygen atoms in total. The van der Waals surface area contributed by atoms with Crippen molar-refractivity contribution in [3.05, 3.63) is 0 Å². The molecule has 0 aromatic carbocycles. The van der Waals surface area contributed by atoms with Crippen molar-refractivity contribution in [2.24, 2.45) is 4.99 Å². The van der Waals surface area contributed by atoms with Crippen molar-refractivity contribution in [1.29, 1.82) is 0 Å². The summed E-state index contributed by atoms with van der Waals surface area (Å²) in [6, 6.07) is 0.612. The van der Waals surface area contributed by atoms with Gasteiger partial charge in [0.05, 0.1) is 0 Å². The molecule has 0 bridgehead atoms. The number of nitrogens with zero attached hydrogens (tertiary/aromatic N) is 1. The van der Waals surface area contributed by atoms with Gasteiger partial charge in [-0.2, -0.15) is 4.99 Å². The fourth-order valence-corrected chi connectivity index (χ4v) is 3.69. The van der Waals surface area contributed by atoms with Gasteiger partial charge in [-0.15, -0.1) is 0 Å². The highest BCUT2D eigenvalue weighted by atomic mass is 28.4. The van der Waals surface area contributed by atoms with Crippen molar-refractivity contribution in [1.82, 2.24) is 0 Å². The lowest BCUT2D eigenvalue weighted by Gasteiger charge is -2.26. The van der Waals surface area contributed by atoms with Gasteiger partial charge in [0.1, 0.15) is 0 Å². The maximum atomic E-state index is 9.89. The van der Waals surface area contributed by atoms with Gasteiger partial charge in [0.15, 0.2) is 6.23 Å². The Kier molecular flexibility index (Phi) is 7.46. The summed E-state index contributed by atoms with van der Waals surface area (Å²) in [5, 5.41) is 9.23. The number of aliphatic hydroxyl groups is 1. The number of hydrogen-bond donors (Lipinski definition) is 1. The van der Waals surface area contributed by atoms with E-state index in [4.69, 9.17) is 8.85 Å². The minimum Gasteiger partial charge on any atom is -0.395 e. The van der Waals surface area contributed by atoms with Crippen LogP contribution in [0, 0.1) is 0 Å². The van der Waals surface area contributed by atoms with Crippen LogP contribution in [0.5, 0.6) is 0 Å². The first-order valence-electron chi connectivity index (χ1n) is 5.11. The van der Waals surface area contributed by atoms with Crippen LogP contribution in [0.3, 0.4) is 0 Å². The van der Waals surface area contributed by atoms with Gasteiger partial charge in [0, 0.05) is 13.2 Å². The van der Waals surface area contributed by atoms with E-state index in [0.29, 0.717) is 25.7 Å². The van der Waals surface area contributed by atoms with Gasteiger partial charge < -0.3 is 14.0 Å². The Bertz CT molecular complexity index is 212. The van der Waals surface area contributed by atoms with E-state index in [1.165, 1.54) is 6.08 Å². The van der Waals surface area contributed by atoms with Crippen LogP contribution >= 0.6 is 0 Å². The highest BCUT2D eigenvalue weighted by Crippen LogP contribution is 2.17. The van der Waals surface area contributed by atoms with Gasteiger partial charge >= 0.3 is 8.56 Å². The summed E-state index contributed by atoms with van der Waals surface area (Å²) >= 11 is 0. The van der Waals surface area contributed by atoms with E-state index >= 15 is 0 Å². The largest absolute Gasteiger partial charge is 0.395 e. The van der Waals surface area contributed by atoms with Gasteiger partial charge in [-0.25, -0.2) is 4.79 Å². The summed E-state index contributed by atoms with van der Waals surface area (Å²) < 4.78 is 11.1. The van der Waals surface area contributed by atoms with Gasteiger partial charge in [0.25, 0.3) is 0 Å². The normalized spacial score (nSPS) is 13.3. The standard InChI is InChI=1S/C9H19NO4Si/c1-4-13-15(3,14-5-2)7-6-9(12)10-8-11/h9,12H,4-7H2,1-3H3. The predicted octanol–water partition coefficient (Wildman–Crippen LogP) is 1.18. The summed E-state index contributed by atoms with van der Waals surface area (Å²) in [7, 11) is -2.19. The van der Waals surface area contributed by atoms with Crippen molar-refractivity contribution in [2.45, 2.75) is 39.1 Å². The molecule has 0 saturated heterocycles. The lowest BCUT2D eigenvalue weighted by atomic mass is 10.4. The maximum Gasteiger partial charge on any atom is 0.335 e. The molecule has 1 unspecified atom stereocenters. The van der Waals surface area contributed by atoms with E-state index in [0.717, 1.165) is 0 Å². The Hall–Kier alpha value is -0.523. The SMILES string of the molecule is CCO[Si](C)(CCC(O)N=C=O)OCC. The Labute approximate surface area is 91.4 Å². The molecular weight excluding hydrogens is 214 g/mol. The second-order valence-electron chi connectivity index (χ2n) is 3.24. The summed E-state index contributed by atoms with van der Waals surface area (Å²) in [4.78, 5) is 13.1. The zero-order valence-electron chi connectivity index (χ0n) is 9.52. The number of aliphatic hydroxyl groups excluding tert-OH is 1. The lowest BCUT2D eigenvalue weighted by molar-refractivity contribution is 0.158. The zero-order chi connectivity index (χ0) is 11.7. The molecule has 0 spiro atoms. The summed E-state index contributed by atoms with van der Waals surface area (Å²) in [5.41, 5.74) is 0. The average molecular weight is 233 g/mol. The molecule has 0 radical (unpaired) electrons. The smallest absolute Gasteiger partial charge is 0.335 e. The third kappa shape index (κ3) is 6.54. The first-order chi connectivity index (χ1) is 7.08. The molecule has 0 saturated carbocycles. The van der Waals surface area contributed by atoms with Gasteiger partial charge in [-0.3, -0.25) is 0 Å². The first-order valence-corrected chi connectivity index (χ1v) is 7.63. The Morgan fingerprint density at radius 3 is 2.33 bits per heavy atom. The Morgan fingerprint density at radius 2 is 1.93 bits per heavy atom. The van der Waals surface area contributed by atoms with Crippen LogP contribution in [0.25, 0.3) is 0 Å². The van der Waals surface area contributed by atoms with Gasteiger partial charge in [0.2, 0.25) is 6.08 Å². The molecule has 0 heterocycles. The molecule has 88 valence electrons. The molecule has 0 aromatic heterocycles. The predicted molar refractivity (Wildman–Crippen MR) is 58.4 cm³/mol. The fraction of sp³-hybridized carbons (Fsp3) is 0.889. The fourth-order valence-electron chi connectivity index (χ4n) is 1.31. The second-order valence-corrected chi connectivity index (χ2v) is 6.58. The third-order valence-corrected chi connectivity index (χ3v) is 4.95. The van der Waals surface area contributed by atoms with Crippen molar-refractivity contribution in [3.8, 4) is 0 Å². The van der Waals surface area contributed by atoms with E-state index in [1.54, 1.807) is 0 Å². The van der Waals surface area contributed by atoms with Crippen LogP contribution < -0.4 is 0 Å². The minimum atomic E-state index is -2.19. The first kappa shape index (κ1) is 14.5. The average Bonchev–Trinajstić information content (AvgIpc) is 2.16. The van der Waals surface area contributed by atoms with Crippen molar-refractivity contribution >= 4 is 14.6 Å². The minimum absolute atomic E-state index is 0.373. The third-order valence-electron chi connectivity index (χ3n) is 1.96. The van der Waals surface area contributed by atoms with E-state index in [9.17, 15) is 9.90 Å². The van der Waals surface area contributed by atoms with E-state index in [2.05, 4.69) is 4.99 Å². The van der Waals surface area contributed by atoms with Crippen LogP contribution in [-0.4, -0.2) is 39.2 Å². The van der Waals surface area contributed by atoms with Crippen LogP contribution in [-0.2, 0) is 13.6 Å². The number of hydrogen-bond acceptors (Lipinski definition) is 5. The molecule has 0 aliphatic heterocycles. The molecule has 0 fully saturated rings. The molecule has 6 heteroatoms.